The van der Waals surface area contributed by atoms with E-state index in [1.807, 2.05) is 34.9 Å². The van der Waals surface area contributed by atoms with E-state index in [4.69, 9.17) is 26.7 Å². The van der Waals surface area contributed by atoms with Crippen LogP contribution in [-0.4, -0.2) is 27.3 Å². The molecule has 2 aliphatic rings. The first-order valence-electron chi connectivity index (χ1n) is 11.6. The predicted octanol–water partition coefficient (Wildman–Crippen LogP) is 2.49. The summed E-state index contributed by atoms with van der Waals surface area (Å²) in [6.07, 6.45) is 5.91. The van der Waals surface area contributed by atoms with Gasteiger partial charge in [-0.05, 0) is 48.7 Å². The van der Waals surface area contributed by atoms with Gasteiger partial charge in [0.2, 0.25) is 5.62 Å². The third-order valence-electron chi connectivity index (χ3n) is 6.57. The van der Waals surface area contributed by atoms with Gasteiger partial charge in [-0.1, -0.05) is 42.3 Å². The van der Waals surface area contributed by atoms with Crippen LogP contribution >= 0.6 is 23.4 Å². The monoisotopic (exact) mass is 510 g/mol. The van der Waals surface area contributed by atoms with Gasteiger partial charge < -0.3 is 10.1 Å². The summed E-state index contributed by atoms with van der Waals surface area (Å²) >= 11 is 7.36. The van der Waals surface area contributed by atoms with Crippen molar-refractivity contribution in [2.75, 3.05) is 7.11 Å². The van der Waals surface area contributed by atoms with Gasteiger partial charge in [-0.3, -0.25) is 19.3 Å². The molecular weight excluding hydrogens is 484 g/mol. The van der Waals surface area contributed by atoms with Crippen LogP contribution in [0.5, 0.6) is 5.75 Å². The average Bonchev–Trinajstić information content (AvgIpc) is 3.27. The first-order chi connectivity index (χ1) is 17.0. The molecule has 0 amide bonds. The lowest BCUT2D eigenvalue weighted by Gasteiger charge is -2.25. The highest BCUT2D eigenvalue weighted by Crippen LogP contribution is 2.31. The SMILES string of the molecule is COc1ccc(S/C(NCc2ccc(Cl)nc2)=c2\c(=O)n(C)c3n(c2=N)C2CCCCC2N=3)cc1. The molecule has 35 heavy (non-hydrogen) atoms. The maximum atomic E-state index is 13.6. The van der Waals surface area contributed by atoms with Crippen molar-refractivity contribution < 1.29 is 4.74 Å². The third kappa shape index (κ3) is 4.62. The molecule has 0 saturated heterocycles. The van der Waals surface area contributed by atoms with Crippen LogP contribution in [0.15, 0.2) is 57.3 Å². The number of hydrogen-bond acceptors (Lipinski definition) is 7. The number of benzene rings is 1. The number of methoxy groups -OCH3 is 1. The van der Waals surface area contributed by atoms with Gasteiger partial charge in [-0.2, -0.15) is 0 Å². The number of rotatable bonds is 6. The van der Waals surface area contributed by atoms with Crippen LogP contribution in [0.3, 0.4) is 0 Å². The maximum Gasteiger partial charge on any atom is 0.266 e. The van der Waals surface area contributed by atoms with E-state index in [-0.39, 0.29) is 23.1 Å². The molecule has 0 spiro atoms. The number of nitrogens with one attached hydrogen (secondary N) is 2. The molecule has 1 aromatic carbocycles. The molecule has 1 saturated carbocycles. The molecular formula is C25H27ClN6O2S. The minimum Gasteiger partial charge on any atom is -0.497 e. The Bertz CT molecular complexity index is 1480. The van der Waals surface area contributed by atoms with Crippen molar-refractivity contribution in [3.63, 3.8) is 0 Å². The zero-order valence-corrected chi connectivity index (χ0v) is 21.2. The summed E-state index contributed by atoms with van der Waals surface area (Å²) in [4.78, 5) is 23.5. The van der Waals surface area contributed by atoms with E-state index in [2.05, 4.69) is 10.3 Å². The van der Waals surface area contributed by atoms with Gasteiger partial charge in [0.1, 0.15) is 21.6 Å². The number of ether oxygens (including phenoxy) is 1. The molecule has 1 aliphatic heterocycles. The highest BCUT2D eigenvalue weighted by molar-refractivity contribution is 8.07. The van der Waals surface area contributed by atoms with Crippen molar-refractivity contribution in [3.05, 3.63) is 80.0 Å². The molecule has 2 aromatic heterocycles. The molecule has 182 valence electrons. The van der Waals surface area contributed by atoms with Gasteiger partial charge in [0, 0.05) is 24.7 Å². The molecule has 0 bridgehead atoms. The Morgan fingerprint density at radius 3 is 2.71 bits per heavy atom. The second kappa shape index (κ2) is 9.91. The highest BCUT2D eigenvalue weighted by atomic mass is 35.5. The fraction of sp³-hybridized carbons (Fsp3) is 0.360. The minimum absolute atomic E-state index is 0.129. The highest BCUT2D eigenvalue weighted by Gasteiger charge is 2.33. The normalized spacial score (nSPS) is 19.4. The number of hydrogen-bond donors (Lipinski definition) is 2. The van der Waals surface area contributed by atoms with E-state index in [9.17, 15) is 4.79 Å². The standard InChI is InChI=1S/C25H27ClN6O2S/c1-31-24(33)21(22(27)32-19-6-4-3-5-18(19)30-25(31)32)23(29-14-15-7-12-20(26)28-13-15)35-17-10-8-16(34-2)9-11-17/h7-13,18-19,27,29H,3-6,14H2,1-2H3/b23-21-,27-22?. The maximum absolute atomic E-state index is 13.6. The van der Waals surface area contributed by atoms with Crippen LogP contribution in [0.25, 0.3) is 5.03 Å². The largest absolute Gasteiger partial charge is 0.497 e. The number of aromatic nitrogens is 3. The van der Waals surface area contributed by atoms with Crippen molar-refractivity contribution in [1.82, 2.24) is 19.4 Å². The van der Waals surface area contributed by atoms with Crippen LogP contribution in [0.4, 0.5) is 0 Å². The van der Waals surface area contributed by atoms with E-state index in [0.29, 0.717) is 27.6 Å². The molecule has 10 heteroatoms. The van der Waals surface area contributed by atoms with Crippen LogP contribution in [0.1, 0.15) is 37.3 Å². The first-order valence-corrected chi connectivity index (χ1v) is 12.8. The number of nitrogens with zero attached hydrogens (tertiary/aromatic N) is 4. The van der Waals surface area contributed by atoms with Crippen LogP contribution in [-0.2, 0) is 13.6 Å². The summed E-state index contributed by atoms with van der Waals surface area (Å²) in [5, 5.41) is 13.9. The molecule has 3 heterocycles. The summed E-state index contributed by atoms with van der Waals surface area (Å²) in [6, 6.07) is 11.5. The Morgan fingerprint density at radius 2 is 2.00 bits per heavy atom. The molecule has 0 radical (unpaired) electrons. The van der Waals surface area contributed by atoms with Gasteiger partial charge in [0.05, 0.1) is 24.2 Å². The van der Waals surface area contributed by atoms with Crippen molar-refractivity contribution in [3.8, 4) is 5.75 Å². The van der Waals surface area contributed by atoms with E-state index >= 15 is 0 Å². The second-order valence-electron chi connectivity index (χ2n) is 8.76. The lowest BCUT2D eigenvalue weighted by Crippen LogP contribution is -2.58. The summed E-state index contributed by atoms with van der Waals surface area (Å²) in [7, 11) is 3.37. The molecule has 1 aliphatic carbocycles. The van der Waals surface area contributed by atoms with Crippen molar-refractivity contribution in [2.45, 2.75) is 49.2 Å². The van der Waals surface area contributed by atoms with Crippen LogP contribution in [0.2, 0.25) is 5.15 Å². The molecule has 2 unspecified atom stereocenters. The van der Waals surface area contributed by atoms with Crippen LogP contribution in [0, 0.1) is 5.41 Å². The summed E-state index contributed by atoms with van der Waals surface area (Å²) in [5.41, 5.74) is 1.48. The van der Waals surface area contributed by atoms with Gasteiger partial charge in [-0.15, -0.1) is 0 Å². The van der Waals surface area contributed by atoms with E-state index in [0.717, 1.165) is 41.9 Å². The Labute approximate surface area is 211 Å². The summed E-state index contributed by atoms with van der Waals surface area (Å²) < 4.78 is 8.83. The zero-order valence-electron chi connectivity index (χ0n) is 19.6. The van der Waals surface area contributed by atoms with E-state index in [1.165, 1.54) is 11.8 Å². The van der Waals surface area contributed by atoms with Gasteiger partial charge in [0.25, 0.3) is 5.56 Å². The number of halogens is 1. The quantitative estimate of drug-likeness (QED) is 0.392. The molecule has 8 nitrogen and oxygen atoms in total. The first kappa shape index (κ1) is 23.7. The lowest BCUT2D eigenvalue weighted by molar-refractivity contribution is 0.321. The van der Waals surface area contributed by atoms with Gasteiger partial charge in [-0.25, -0.2) is 9.98 Å². The number of pyridine rings is 1. The topological polar surface area (TPSA) is 97.3 Å². The Morgan fingerprint density at radius 1 is 1.23 bits per heavy atom. The lowest BCUT2D eigenvalue weighted by atomic mass is 9.91. The Kier molecular flexibility index (Phi) is 6.71. The smallest absolute Gasteiger partial charge is 0.266 e. The summed E-state index contributed by atoms with van der Waals surface area (Å²) in [6.45, 7) is 0.434. The van der Waals surface area contributed by atoms with Crippen molar-refractivity contribution in [2.24, 2.45) is 12.0 Å². The predicted molar refractivity (Wildman–Crippen MR) is 136 cm³/mol. The fourth-order valence-electron chi connectivity index (χ4n) is 4.73. The summed E-state index contributed by atoms with van der Waals surface area (Å²) in [5.74, 6) is 0.756. The van der Waals surface area contributed by atoms with Gasteiger partial charge in [0.15, 0.2) is 0 Å². The Balaban J connectivity index is 1.65. The number of fused-ring (bicyclic) bond motifs is 3. The minimum atomic E-state index is -0.235. The molecule has 2 atom stereocenters. The molecule has 2 N–H and O–H groups in total. The fourth-order valence-corrected chi connectivity index (χ4v) is 5.78. The van der Waals surface area contributed by atoms with E-state index < -0.39 is 0 Å². The molecule has 3 aromatic rings. The Hall–Kier alpha value is -3.04. The molecule has 5 rings (SSSR count). The average molecular weight is 511 g/mol. The van der Waals surface area contributed by atoms with Crippen molar-refractivity contribution in [1.29, 1.82) is 5.41 Å². The third-order valence-corrected chi connectivity index (χ3v) is 7.85. The van der Waals surface area contributed by atoms with Crippen molar-refractivity contribution >= 4 is 28.4 Å². The van der Waals surface area contributed by atoms with Crippen LogP contribution < -0.4 is 31.9 Å². The molecule has 1 fully saturated rings. The zero-order chi connectivity index (χ0) is 24.5. The second-order valence-corrected chi connectivity index (χ2v) is 10.2. The van der Waals surface area contributed by atoms with Gasteiger partial charge >= 0.3 is 0 Å². The van der Waals surface area contributed by atoms with E-state index in [1.54, 1.807) is 31.0 Å². The number of thioether (sulfide) groups is 1.